The highest BCUT2D eigenvalue weighted by Gasteiger charge is 2.23. The van der Waals surface area contributed by atoms with Crippen LogP contribution in [0.3, 0.4) is 0 Å². The molecule has 0 amide bonds. The summed E-state index contributed by atoms with van der Waals surface area (Å²) in [5.74, 6) is -0.751. The lowest BCUT2D eigenvalue weighted by molar-refractivity contribution is 0.508. The van der Waals surface area contributed by atoms with Gasteiger partial charge in [0.25, 0.3) is 0 Å². The quantitative estimate of drug-likeness (QED) is 0.434. The summed E-state index contributed by atoms with van der Waals surface area (Å²) in [5.41, 5.74) is 6.47. The Bertz CT molecular complexity index is 510. The van der Waals surface area contributed by atoms with E-state index in [0.717, 1.165) is 38.2 Å². The van der Waals surface area contributed by atoms with Crippen LogP contribution < -0.4 is 16.0 Å². The van der Waals surface area contributed by atoms with E-state index in [9.17, 15) is 8.78 Å². The Kier molecular flexibility index (Phi) is 7.84. The number of benzene rings is 1. The number of rotatable bonds is 5. The summed E-state index contributed by atoms with van der Waals surface area (Å²) >= 11 is 0. The number of anilines is 1. The minimum Gasteiger partial charge on any atom is -0.371 e. The van der Waals surface area contributed by atoms with Crippen LogP contribution in [0.25, 0.3) is 0 Å². The lowest BCUT2D eigenvalue weighted by atomic mass is 10.1. The molecule has 0 aliphatic carbocycles. The van der Waals surface area contributed by atoms with Crippen molar-refractivity contribution in [1.29, 1.82) is 0 Å². The van der Waals surface area contributed by atoms with Crippen LogP contribution in [-0.2, 0) is 0 Å². The van der Waals surface area contributed by atoms with Gasteiger partial charge < -0.3 is 16.0 Å². The number of nitrogens with one attached hydrogen (secondary N) is 1. The summed E-state index contributed by atoms with van der Waals surface area (Å²) in [4.78, 5) is 6.38. The molecule has 1 aromatic rings. The molecule has 3 N–H and O–H groups in total. The van der Waals surface area contributed by atoms with Crippen LogP contribution in [0.1, 0.15) is 19.8 Å². The summed E-state index contributed by atoms with van der Waals surface area (Å²) in [6.45, 7) is 5.16. The van der Waals surface area contributed by atoms with Crippen LogP contribution in [0.2, 0.25) is 0 Å². The highest BCUT2D eigenvalue weighted by molar-refractivity contribution is 14.0. The summed E-state index contributed by atoms with van der Waals surface area (Å²) in [5, 5.41) is 3.04. The van der Waals surface area contributed by atoms with Crippen LogP contribution in [0.4, 0.5) is 14.5 Å². The first-order chi connectivity index (χ1) is 10.1. The normalized spacial score (nSPS) is 18.2. The molecule has 1 atom stereocenters. The van der Waals surface area contributed by atoms with Gasteiger partial charge in [-0.1, -0.05) is 6.92 Å². The molecule has 0 spiro atoms. The van der Waals surface area contributed by atoms with Gasteiger partial charge in [0.15, 0.2) is 17.6 Å². The number of hydrogen-bond acceptors (Lipinski definition) is 2. The Labute approximate surface area is 147 Å². The van der Waals surface area contributed by atoms with Crippen LogP contribution >= 0.6 is 24.0 Å². The fraction of sp³-hybridized carbons (Fsp3) is 0.533. The van der Waals surface area contributed by atoms with Gasteiger partial charge in [-0.05, 0) is 30.9 Å². The van der Waals surface area contributed by atoms with Gasteiger partial charge in [-0.25, -0.2) is 8.78 Å². The summed E-state index contributed by atoms with van der Waals surface area (Å²) < 4.78 is 26.2. The van der Waals surface area contributed by atoms with E-state index in [1.54, 1.807) is 6.07 Å². The van der Waals surface area contributed by atoms with Gasteiger partial charge in [0.05, 0.1) is 0 Å². The predicted molar refractivity (Wildman–Crippen MR) is 96.9 cm³/mol. The second-order valence-corrected chi connectivity index (χ2v) is 5.35. The molecule has 1 aliphatic heterocycles. The van der Waals surface area contributed by atoms with Crippen molar-refractivity contribution < 1.29 is 8.78 Å². The third kappa shape index (κ3) is 5.26. The Balaban J connectivity index is 0.00000242. The van der Waals surface area contributed by atoms with Crippen LogP contribution in [-0.4, -0.2) is 32.1 Å². The second-order valence-electron chi connectivity index (χ2n) is 5.35. The molecule has 0 saturated carbocycles. The maximum absolute atomic E-state index is 13.3. The molecule has 1 saturated heterocycles. The zero-order valence-electron chi connectivity index (χ0n) is 12.7. The van der Waals surface area contributed by atoms with E-state index in [1.165, 1.54) is 12.1 Å². The van der Waals surface area contributed by atoms with Gasteiger partial charge in [0.1, 0.15) is 0 Å². The molecule has 0 bridgehead atoms. The minimum absolute atomic E-state index is 0. The lowest BCUT2D eigenvalue weighted by Gasteiger charge is -2.18. The van der Waals surface area contributed by atoms with Gasteiger partial charge in [0, 0.05) is 37.9 Å². The summed E-state index contributed by atoms with van der Waals surface area (Å²) in [6, 6.07) is 4.03. The second kappa shape index (κ2) is 9.12. The molecule has 1 fully saturated rings. The molecule has 124 valence electrons. The van der Waals surface area contributed by atoms with Crippen molar-refractivity contribution in [3.05, 3.63) is 29.8 Å². The van der Waals surface area contributed by atoms with E-state index in [1.807, 2.05) is 0 Å². The number of guanidine groups is 1. The minimum atomic E-state index is -0.811. The van der Waals surface area contributed by atoms with Gasteiger partial charge in [-0.3, -0.25) is 4.99 Å². The van der Waals surface area contributed by atoms with Crippen molar-refractivity contribution >= 4 is 35.6 Å². The summed E-state index contributed by atoms with van der Waals surface area (Å²) in [7, 11) is 0. The zero-order valence-corrected chi connectivity index (χ0v) is 15.0. The third-order valence-corrected chi connectivity index (χ3v) is 3.63. The predicted octanol–water partition coefficient (Wildman–Crippen LogP) is 2.72. The van der Waals surface area contributed by atoms with Crippen LogP contribution in [0.5, 0.6) is 0 Å². The maximum atomic E-state index is 13.3. The summed E-state index contributed by atoms with van der Waals surface area (Å²) in [6.07, 6.45) is 1.98. The van der Waals surface area contributed by atoms with Crippen molar-refractivity contribution in [1.82, 2.24) is 5.32 Å². The first-order valence-corrected chi connectivity index (χ1v) is 7.34. The van der Waals surface area contributed by atoms with E-state index >= 15 is 0 Å². The van der Waals surface area contributed by atoms with Gasteiger partial charge in [-0.15, -0.1) is 24.0 Å². The van der Waals surface area contributed by atoms with E-state index in [4.69, 9.17) is 5.73 Å². The fourth-order valence-corrected chi connectivity index (χ4v) is 2.43. The largest absolute Gasteiger partial charge is 0.371 e. The molecular weight excluding hydrogens is 401 g/mol. The molecule has 1 aromatic carbocycles. The lowest BCUT2D eigenvalue weighted by Crippen LogP contribution is -2.32. The molecule has 7 heteroatoms. The van der Waals surface area contributed by atoms with Crippen molar-refractivity contribution in [3.8, 4) is 0 Å². The first kappa shape index (κ1) is 18.9. The maximum Gasteiger partial charge on any atom is 0.188 e. The van der Waals surface area contributed by atoms with Crippen LogP contribution in [0.15, 0.2) is 23.2 Å². The number of hydrogen-bond donors (Lipinski definition) is 2. The molecule has 1 unspecified atom stereocenters. The molecule has 1 heterocycles. The van der Waals surface area contributed by atoms with Crippen molar-refractivity contribution in [2.45, 2.75) is 19.8 Å². The van der Waals surface area contributed by atoms with E-state index in [0.29, 0.717) is 18.4 Å². The van der Waals surface area contributed by atoms with Gasteiger partial charge in [0.2, 0.25) is 0 Å². The van der Waals surface area contributed by atoms with Crippen molar-refractivity contribution in [2.24, 2.45) is 16.6 Å². The van der Waals surface area contributed by atoms with E-state index in [2.05, 4.69) is 22.1 Å². The standard InChI is InChI=1S/C15H22F2N4.HI/c1-2-6-19-15(18)20-9-11-5-7-21(10-11)12-3-4-13(16)14(17)8-12;/h3-4,8,11H,2,5-7,9-10H2,1H3,(H3,18,19,20);1H. The number of nitrogens with two attached hydrogens (primary N) is 1. The molecule has 0 aromatic heterocycles. The number of nitrogens with zero attached hydrogens (tertiary/aromatic N) is 2. The van der Waals surface area contributed by atoms with Crippen molar-refractivity contribution in [3.63, 3.8) is 0 Å². The Morgan fingerprint density at radius 3 is 2.86 bits per heavy atom. The topological polar surface area (TPSA) is 53.6 Å². The van der Waals surface area contributed by atoms with Gasteiger partial charge in [-0.2, -0.15) is 0 Å². The Hall–Kier alpha value is -1.12. The number of aliphatic imine (C=N–C) groups is 1. The van der Waals surface area contributed by atoms with E-state index < -0.39 is 11.6 Å². The van der Waals surface area contributed by atoms with Gasteiger partial charge >= 0.3 is 0 Å². The SMILES string of the molecule is CCCNC(N)=NCC1CCN(c2ccc(F)c(F)c2)C1.I. The highest BCUT2D eigenvalue weighted by Crippen LogP contribution is 2.25. The Morgan fingerprint density at radius 2 is 2.18 bits per heavy atom. The molecule has 0 radical (unpaired) electrons. The average molecular weight is 424 g/mol. The number of halogens is 3. The monoisotopic (exact) mass is 424 g/mol. The highest BCUT2D eigenvalue weighted by atomic mass is 127. The molecule has 2 rings (SSSR count). The smallest absolute Gasteiger partial charge is 0.188 e. The third-order valence-electron chi connectivity index (χ3n) is 3.63. The molecule has 1 aliphatic rings. The zero-order chi connectivity index (χ0) is 15.2. The van der Waals surface area contributed by atoms with Crippen molar-refractivity contribution in [2.75, 3.05) is 31.1 Å². The van der Waals surface area contributed by atoms with E-state index in [-0.39, 0.29) is 24.0 Å². The average Bonchev–Trinajstić information content (AvgIpc) is 2.94. The fourth-order valence-electron chi connectivity index (χ4n) is 2.43. The Morgan fingerprint density at radius 1 is 1.41 bits per heavy atom. The van der Waals surface area contributed by atoms with Crippen LogP contribution in [0, 0.1) is 17.6 Å². The molecule has 22 heavy (non-hydrogen) atoms. The first-order valence-electron chi connectivity index (χ1n) is 7.34. The molecular formula is C15H23F2IN4. The molecule has 4 nitrogen and oxygen atoms in total.